The fraction of sp³-hybridized carbons (Fsp3) is 0.485. The third-order valence-electron chi connectivity index (χ3n) is 7.02. The maximum atomic E-state index is 14.4. The van der Waals surface area contributed by atoms with Crippen molar-refractivity contribution in [3.05, 3.63) is 77.9 Å². The van der Waals surface area contributed by atoms with Crippen LogP contribution in [0.15, 0.2) is 61.2 Å². The number of hydrogen-bond acceptors (Lipinski definition) is 4. The summed E-state index contributed by atoms with van der Waals surface area (Å²) >= 11 is 0. The van der Waals surface area contributed by atoms with Crippen molar-refractivity contribution in [3.8, 4) is 0 Å². The summed E-state index contributed by atoms with van der Waals surface area (Å²) < 4.78 is 5.51. The van der Waals surface area contributed by atoms with Gasteiger partial charge in [-0.05, 0) is 70.2 Å². The summed E-state index contributed by atoms with van der Waals surface area (Å²) in [7, 11) is 0. The molecule has 1 fully saturated rings. The molecule has 0 bridgehead atoms. The van der Waals surface area contributed by atoms with E-state index in [-0.39, 0.29) is 30.3 Å². The van der Waals surface area contributed by atoms with E-state index in [1.807, 2.05) is 68.4 Å². The smallest absolute Gasteiger partial charge is 0.408 e. The summed E-state index contributed by atoms with van der Waals surface area (Å²) in [5, 5.41) is 6.04. The molecule has 2 atom stereocenters. The first-order valence-corrected chi connectivity index (χ1v) is 14.4. The van der Waals surface area contributed by atoms with Gasteiger partial charge in [0.25, 0.3) is 0 Å². The van der Waals surface area contributed by atoms with Crippen LogP contribution in [-0.4, -0.2) is 46.5 Å². The third-order valence-corrected chi connectivity index (χ3v) is 7.02. The lowest BCUT2D eigenvalue weighted by Crippen LogP contribution is -2.56. The Morgan fingerprint density at radius 1 is 1.02 bits per heavy atom. The maximum Gasteiger partial charge on any atom is 0.408 e. The van der Waals surface area contributed by atoms with Crippen molar-refractivity contribution in [2.75, 3.05) is 0 Å². The monoisotopic (exact) mass is 547 g/mol. The predicted molar refractivity (Wildman–Crippen MR) is 160 cm³/mol. The van der Waals surface area contributed by atoms with Crippen LogP contribution in [0.1, 0.15) is 89.5 Å². The fourth-order valence-electron chi connectivity index (χ4n) is 5.18. The zero-order valence-corrected chi connectivity index (χ0v) is 24.6. The zero-order chi connectivity index (χ0) is 29.3. The highest BCUT2D eigenvalue weighted by molar-refractivity contribution is 5.92. The highest BCUT2D eigenvalue weighted by Crippen LogP contribution is 2.28. The molecule has 0 radical (unpaired) electrons. The van der Waals surface area contributed by atoms with Crippen molar-refractivity contribution in [3.63, 3.8) is 0 Å². The molecule has 2 N–H and O–H groups in total. The van der Waals surface area contributed by atoms with Gasteiger partial charge < -0.3 is 20.3 Å². The molecule has 0 saturated heterocycles. The summed E-state index contributed by atoms with van der Waals surface area (Å²) in [6.45, 7) is 13.0. The molecule has 1 aliphatic rings. The number of nitrogens with one attached hydrogen (secondary N) is 2. The minimum absolute atomic E-state index is 0.0791. The molecule has 0 spiro atoms. The van der Waals surface area contributed by atoms with Crippen LogP contribution in [0, 0.1) is 0 Å². The summed E-state index contributed by atoms with van der Waals surface area (Å²) in [5.74, 6) is -0.566. The standard InChI is InChI=1S/C33H45N3O4/c1-7-24-17-14-18-26(21-24)29(30(37)34-27-19-12-9-13-20-27)36(23(2)3)31(38)28(22-25-15-10-8-11-16-25)35-32(39)40-33(4,5)6/h7-8,10-11,14-18,21,23,27-29H,1,9,12-13,19-20,22H2,2-6H3,(H,34,37)(H,35,39). The van der Waals surface area contributed by atoms with Crippen LogP contribution in [0.25, 0.3) is 6.08 Å². The number of rotatable bonds is 10. The van der Waals surface area contributed by atoms with E-state index in [1.165, 1.54) is 6.42 Å². The average Bonchev–Trinajstić information content (AvgIpc) is 2.90. The van der Waals surface area contributed by atoms with Crippen LogP contribution in [-0.2, 0) is 20.7 Å². The van der Waals surface area contributed by atoms with Crippen LogP contribution >= 0.6 is 0 Å². The van der Waals surface area contributed by atoms with Gasteiger partial charge in [-0.15, -0.1) is 0 Å². The van der Waals surface area contributed by atoms with Crippen LogP contribution in [0.2, 0.25) is 0 Å². The van der Waals surface area contributed by atoms with Gasteiger partial charge in [-0.3, -0.25) is 9.59 Å². The lowest BCUT2D eigenvalue weighted by atomic mass is 9.94. The van der Waals surface area contributed by atoms with Crippen molar-refractivity contribution in [2.24, 2.45) is 0 Å². The molecule has 216 valence electrons. The zero-order valence-electron chi connectivity index (χ0n) is 24.6. The molecule has 1 aliphatic carbocycles. The summed E-state index contributed by atoms with van der Waals surface area (Å²) in [6, 6.07) is 15.0. The maximum absolute atomic E-state index is 14.4. The quantitative estimate of drug-likeness (QED) is 0.371. The van der Waals surface area contributed by atoms with E-state index in [2.05, 4.69) is 17.2 Å². The van der Waals surface area contributed by atoms with Gasteiger partial charge in [0, 0.05) is 18.5 Å². The van der Waals surface area contributed by atoms with Gasteiger partial charge in [0.15, 0.2) is 0 Å². The Balaban J connectivity index is 2.01. The molecule has 0 heterocycles. The molecule has 40 heavy (non-hydrogen) atoms. The lowest BCUT2D eigenvalue weighted by Gasteiger charge is -2.38. The fourth-order valence-corrected chi connectivity index (χ4v) is 5.18. The average molecular weight is 548 g/mol. The first-order chi connectivity index (χ1) is 19.0. The van der Waals surface area contributed by atoms with Crippen molar-refractivity contribution < 1.29 is 19.1 Å². The summed E-state index contributed by atoms with van der Waals surface area (Å²) in [4.78, 5) is 42.9. The van der Waals surface area contributed by atoms with Crippen molar-refractivity contribution in [1.29, 1.82) is 0 Å². The number of ether oxygens (including phenoxy) is 1. The number of nitrogens with zero attached hydrogens (tertiary/aromatic N) is 1. The second-order valence-electron chi connectivity index (χ2n) is 11.8. The highest BCUT2D eigenvalue weighted by atomic mass is 16.6. The topological polar surface area (TPSA) is 87.7 Å². The molecule has 2 aromatic carbocycles. The van der Waals surface area contributed by atoms with Crippen LogP contribution in [0.4, 0.5) is 4.79 Å². The second-order valence-corrected chi connectivity index (χ2v) is 11.8. The van der Waals surface area contributed by atoms with Crippen molar-refractivity contribution in [1.82, 2.24) is 15.5 Å². The Bertz CT molecular complexity index is 1150. The Labute approximate surface area is 239 Å². The summed E-state index contributed by atoms with van der Waals surface area (Å²) in [6.07, 6.45) is 6.48. The Hall–Kier alpha value is -3.61. The molecule has 7 heteroatoms. The van der Waals surface area contributed by atoms with E-state index in [4.69, 9.17) is 4.74 Å². The third kappa shape index (κ3) is 8.97. The number of carbonyl (C=O) groups excluding carboxylic acids is 3. The van der Waals surface area contributed by atoms with Gasteiger partial charge in [0.05, 0.1) is 0 Å². The first kappa shape index (κ1) is 30.9. The van der Waals surface area contributed by atoms with E-state index in [1.54, 1.807) is 31.7 Å². The molecule has 0 aromatic heterocycles. The van der Waals surface area contributed by atoms with Gasteiger partial charge in [-0.2, -0.15) is 0 Å². The lowest BCUT2D eigenvalue weighted by molar-refractivity contribution is -0.145. The van der Waals surface area contributed by atoms with Crippen LogP contribution in [0.3, 0.4) is 0 Å². The van der Waals surface area contributed by atoms with Gasteiger partial charge in [0.1, 0.15) is 17.7 Å². The minimum atomic E-state index is -0.938. The Morgan fingerprint density at radius 2 is 1.70 bits per heavy atom. The second kappa shape index (κ2) is 14.1. The number of amides is 3. The van der Waals surface area contributed by atoms with E-state index >= 15 is 0 Å². The highest BCUT2D eigenvalue weighted by Gasteiger charge is 2.38. The summed E-state index contributed by atoms with van der Waals surface area (Å²) in [5.41, 5.74) is 1.72. The normalized spacial score (nSPS) is 15.6. The largest absolute Gasteiger partial charge is 0.444 e. The molecular weight excluding hydrogens is 502 g/mol. The van der Waals surface area contributed by atoms with E-state index in [0.717, 1.165) is 36.8 Å². The molecular formula is C33H45N3O4. The first-order valence-electron chi connectivity index (χ1n) is 14.4. The number of benzene rings is 2. The molecule has 3 rings (SSSR count). The Morgan fingerprint density at radius 3 is 2.30 bits per heavy atom. The molecule has 2 unspecified atom stereocenters. The van der Waals surface area contributed by atoms with E-state index in [0.29, 0.717) is 5.56 Å². The SMILES string of the molecule is C=Cc1cccc(C(C(=O)NC2CCCCC2)N(C(=O)C(Cc2ccccc2)NC(=O)OC(C)(C)C)C(C)C)c1. The number of alkyl carbamates (subject to hydrolysis) is 1. The van der Waals surface area contributed by atoms with E-state index < -0.39 is 23.8 Å². The van der Waals surface area contributed by atoms with E-state index in [9.17, 15) is 14.4 Å². The number of hydrogen-bond donors (Lipinski definition) is 2. The van der Waals surface area contributed by atoms with Gasteiger partial charge in [0.2, 0.25) is 11.8 Å². The van der Waals surface area contributed by atoms with Crippen molar-refractivity contribution in [2.45, 2.75) is 103 Å². The molecule has 0 aliphatic heterocycles. The van der Waals surface area contributed by atoms with Crippen molar-refractivity contribution >= 4 is 24.0 Å². The molecule has 3 amide bonds. The van der Waals surface area contributed by atoms with Gasteiger partial charge >= 0.3 is 6.09 Å². The Kier molecular flexibility index (Phi) is 10.9. The van der Waals surface area contributed by atoms with Gasteiger partial charge in [-0.25, -0.2) is 4.79 Å². The van der Waals surface area contributed by atoms with Crippen LogP contribution < -0.4 is 10.6 Å². The van der Waals surface area contributed by atoms with Crippen LogP contribution in [0.5, 0.6) is 0 Å². The molecule has 7 nitrogen and oxygen atoms in total. The van der Waals surface area contributed by atoms with Gasteiger partial charge in [-0.1, -0.05) is 80.4 Å². The number of carbonyl (C=O) groups is 3. The minimum Gasteiger partial charge on any atom is -0.444 e. The molecule has 1 saturated carbocycles. The molecule has 2 aromatic rings. The predicted octanol–water partition coefficient (Wildman–Crippen LogP) is 6.19.